The maximum atomic E-state index is 12.5. The lowest BCUT2D eigenvalue weighted by atomic mass is 9.99. The molecule has 0 unspecified atom stereocenters. The Labute approximate surface area is 134 Å². The molecule has 124 valence electrons. The summed E-state index contributed by atoms with van der Waals surface area (Å²) in [6.07, 6.45) is 9.97. The van der Waals surface area contributed by atoms with Gasteiger partial charge in [0.25, 0.3) is 0 Å². The molecule has 1 aliphatic heterocycles. The van der Waals surface area contributed by atoms with Crippen molar-refractivity contribution in [3.63, 3.8) is 0 Å². The van der Waals surface area contributed by atoms with Crippen molar-refractivity contribution in [3.8, 4) is 0 Å². The minimum absolute atomic E-state index is 0.243. The van der Waals surface area contributed by atoms with Crippen molar-refractivity contribution in [2.45, 2.75) is 51.5 Å². The van der Waals surface area contributed by atoms with Gasteiger partial charge in [-0.25, -0.2) is 0 Å². The molecule has 1 aliphatic carbocycles. The van der Waals surface area contributed by atoms with Crippen LogP contribution in [0.1, 0.15) is 45.4 Å². The van der Waals surface area contributed by atoms with Crippen LogP contribution in [0.2, 0.25) is 0 Å². The number of hydrogen-bond donors (Lipinski definition) is 0. The van der Waals surface area contributed by atoms with E-state index in [1.165, 1.54) is 6.42 Å². The normalized spacial score (nSPS) is 19.9. The molecule has 0 aromatic heterocycles. The maximum Gasteiger partial charge on any atom is 0.227 e. The van der Waals surface area contributed by atoms with E-state index in [1.807, 2.05) is 4.90 Å². The van der Waals surface area contributed by atoms with Crippen LogP contribution in [0.25, 0.3) is 0 Å². The molecule has 0 atom stereocenters. The minimum Gasteiger partial charge on any atom is -0.501 e. The first-order valence-electron chi connectivity index (χ1n) is 8.56. The summed E-state index contributed by atoms with van der Waals surface area (Å²) in [4.78, 5) is 17.0. The second kappa shape index (κ2) is 8.37. The second-order valence-electron chi connectivity index (χ2n) is 6.36. The highest BCUT2D eigenvalue weighted by atomic mass is 16.5. The average molecular weight is 306 g/mol. The van der Waals surface area contributed by atoms with Gasteiger partial charge < -0.3 is 14.5 Å². The zero-order valence-electron chi connectivity index (χ0n) is 14.3. The zero-order valence-corrected chi connectivity index (χ0v) is 14.3. The topological polar surface area (TPSA) is 32.8 Å². The fourth-order valence-electron chi connectivity index (χ4n) is 3.45. The molecule has 1 fully saturated rings. The Morgan fingerprint density at radius 3 is 2.77 bits per heavy atom. The quantitative estimate of drug-likeness (QED) is 0.756. The third-order valence-electron chi connectivity index (χ3n) is 4.82. The SMILES string of the molecule is CCCN(C)C1CCN(C(=O)CC2=C(OC)CCC=C2)CC1. The summed E-state index contributed by atoms with van der Waals surface area (Å²) in [6.45, 7) is 5.13. The largest absolute Gasteiger partial charge is 0.501 e. The smallest absolute Gasteiger partial charge is 0.227 e. The molecule has 0 bridgehead atoms. The van der Waals surface area contributed by atoms with E-state index in [1.54, 1.807) is 7.11 Å². The highest BCUT2D eigenvalue weighted by Crippen LogP contribution is 2.24. The van der Waals surface area contributed by atoms with Crippen LogP contribution in [0.15, 0.2) is 23.5 Å². The molecule has 1 heterocycles. The summed E-state index contributed by atoms with van der Waals surface area (Å²) in [7, 11) is 3.90. The van der Waals surface area contributed by atoms with Crippen molar-refractivity contribution in [2.75, 3.05) is 33.8 Å². The first kappa shape index (κ1) is 17.1. The van der Waals surface area contributed by atoms with E-state index in [9.17, 15) is 4.79 Å². The van der Waals surface area contributed by atoms with Gasteiger partial charge in [-0.05, 0) is 44.8 Å². The van der Waals surface area contributed by atoms with Crippen molar-refractivity contribution in [2.24, 2.45) is 0 Å². The van der Waals surface area contributed by atoms with Crippen LogP contribution >= 0.6 is 0 Å². The van der Waals surface area contributed by atoms with Gasteiger partial charge >= 0.3 is 0 Å². The van der Waals surface area contributed by atoms with E-state index >= 15 is 0 Å². The summed E-state index contributed by atoms with van der Waals surface area (Å²) < 4.78 is 5.42. The van der Waals surface area contributed by atoms with Crippen LogP contribution in [-0.2, 0) is 9.53 Å². The van der Waals surface area contributed by atoms with Crippen molar-refractivity contribution >= 4 is 5.91 Å². The van der Waals surface area contributed by atoms with Gasteiger partial charge in [0.15, 0.2) is 0 Å². The average Bonchev–Trinajstić information content (AvgIpc) is 2.55. The number of nitrogens with zero attached hydrogens (tertiary/aromatic N) is 2. The number of ether oxygens (including phenoxy) is 1. The molecule has 0 radical (unpaired) electrons. The Morgan fingerprint density at radius 2 is 2.14 bits per heavy atom. The summed E-state index contributed by atoms with van der Waals surface area (Å²) in [5, 5.41) is 0. The van der Waals surface area contributed by atoms with Crippen LogP contribution in [-0.4, -0.2) is 55.5 Å². The Kier molecular flexibility index (Phi) is 6.49. The molecule has 1 saturated heterocycles. The standard InChI is InChI=1S/C18H30N2O2/c1-4-11-19(2)16-9-12-20(13-10-16)18(21)14-15-7-5-6-8-17(15)22-3/h5,7,16H,4,6,8-14H2,1-3H3. The van der Waals surface area contributed by atoms with Crippen molar-refractivity contribution in [1.29, 1.82) is 0 Å². The highest BCUT2D eigenvalue weighted by molar-refractivity contribution is 5.79. The number of carbonyl (C=O) groups is 1. The van der Waals surface area contributed by atoms with Gasteiger partial charge in [0.1, 0.15) is 0 Å². The van der Waals surface area contributed by atoms with E-state index in [2.05, 4.69) is 31.0 Å². The van der Waals surface area contributed by atoms with Crippen LogP contribution < -0.4 is 0 Å². The molecule has 2 aliphatic rings. The Balaban J connectivity index is 1.85. The van der Waals surface area contributed by atoms with Crippen molar-refractivity contribution in [1.82, 2.24) is 9.80 Å². The van der Waals surface area contributed by atoms with Crippen molar-refractivity contribution < 1.29 is 9.53 Å². The number of allylic oxidation sites excluding steroid dienone is 3. The first-order valence-corrected chi connectivity index (χ1v) is 8.56. The summed E-state index contributed by atoms with van der Waals surface area (Å²) in [5.41, 5.74) is 1.06. The predicted molar refractivity (Wildman–Crippen MR) is 89.5 cm³/mol. The Morgan fingerprint density at radius 1 is 1.41 bits per heavy atom. The van der Waals surface area contributed by atoms with Gasteiger partial charge in [-0.1, -0.05) is 19.1 Å². The summed E-state index contributed by atoms with van der Waals surface area (Å²) in [5.74, 6) is 1.22. The molecule has 0 aromatic carbocycles. The monoisotopic (exact) mass is 306 g/mol. The number of amides is 1. The second-order valence-corrected chi connectivity index (χ2v) is 6.36. The van der Waals surface area contributed by atoms with Crippen molar-refractivity contribution in [3.05, 3.63) is 23.5 Å². The molecular formula is C18H30N2O2. The van der Waals surface area contributed by atoms with E-state index in [0.717, 1.165) is 56.6 Å². The molecule has 4 heteroatoms. The van der Waals surface area contributed by atoms with Crippen LogP contribution in [0.3, 0.4) is 0 Å². The lowest BCUT2D eigenvalue weighted by Crippen LogP contribution is -2.45. The molecule has 0 N–H and O–H groups in total. The summed E-state index contributed by atoms with van der Waals surface area (Å²) in [6, 6.07) is 0.632. The van der Waals surface area contributed by atoms with Gasteiger partial charge in [-0.15, -0.1) is 0 Å². The predicted octanol–water partition coefficient (Wildman–Crippen LogP) is 2.96. The molecule has 2 rings (SSSR count). The number of likely N-dealkylation sites (tertiary alicyclic amines) is 1. The number of hydrogen-bond acceptors (Lipinski definition) is 3. The van der Waals surface area contributed by atoms with Gasteiger partial charge in [0.2, 0.25) is 5.91 Å². The molecular weight excluding hydrogens is 276 g/mol. The Hall–Kier alpha value is -1.29. The van der Waals surface area contributed by atoms with E-state index in [0.29, 0.717) is 12.5 Å². The van der Waals surface area contributed by atoms with Gasteiger partial charge in [0, 0.05) is 25.6 Å². The molecule has 1 amide bonds. The third kappa shape index (κ3) is 4.35. The van der Waals surface area contributed by atoms with E-state index in [4.69, 9.17) is 4.74 Å². The van der Waals surface area contributed by atoms with Crippen LogP contribution in [0, 0.1) is 0 Å². The van der Waals surface area contributed by atoms with Crippen LogP contribution in [0.4, 0.5) is 0 Å². The number of carbonyl (C=O) groups excluding carboxylic acids is 1. The maximum absolute atomic E-state index is 12.5. The Bertz CT molecular complexity index is 434. The molecule has 4 nitrogen and oxygen atoms in total. The molecule has 22 heavy (non-hydrogen) atoms. The minimum atomic E-state index is 0.243. The number of piperidine rings is 1. The summed E-state index contributed by atoms with van der Waals surface area (Å²) >= 11 is 0. The van der Waals surface area contributed by atoms with Crippen LogP contribution in [0.5, 0.6) is 0 Å². The molecule has 0 aromatic rings. The van der Waals surface area contributed by atoms with Gasteiger partial charge in [-0.3, -0.25) is 4.79 Å². The van der Waals surface area contributed by atoms with E-state index in [-0.39, 0.29) is 5.91 Å². The lowest BCUT2D eigenvalue weighted by molar-refractivity contribution is -0.132. The number of methoxy groups -OCH3 is 1. The fraction of sp³-hybridized carbons (Fsp3) is 0.722. The van der Waals surface area contributed by atoms with Gasteiger partial charge in [-0.2, -0.15) is 0 Å². The third-order valence-corrected chi connectivity index (χ3v) is 4.82. The first-order chi connectivity index (χ1) is 10.7. The fourth-order valence-corrected chi connectivity index (χ4v) is 3.45. The van der Waals surface area contributed by atoms with Gasteiger partial charge in [0.05, 0.1) is 19.3 Å². The highest BCUT2D eigenvalue weighted by Gasteiger charge is 2.25. The zero-order chi connectivity index (χ0) is 15.9. The number of rotatable bonds is 6. The lowest BCUT2D eigenvalue weighted by Gasteiger charge is -2.37. The van der Waals surface area contributed by atoms with E-state index < -0.39 is 0 Å². The molecule has 0 spiro atoms. The molecule has 0 saturated carbocycles.